The normalized spacial score (nSPS) is 23.3. The molecule has 1 aliphatic carbocycles. The van der Waals surface area contributed by atoms with Crippen LogP contribution >= 0.6 is 0 Å². The summed E-state index contributed by atoms with van der Waals surface area (Å²) in [7, 11) is 0. The molecule has 0 spiro atoms. The number of hydrogen-bond donors (Lipinski definition) is 2. The van der Waals surface area contributed by atoms with E-state index in [4.69, 9.17) is 5.73 Å². The smallest absolute Gasteiger partial charge is 0.293 e. The first-order chi connectivity index (χ1) is 9.20. The average molecular weight is 264 g/mol. The first-order valence-corrected chi connectivity index (χ1v) is 7.25. The minimum absolute atomic E-state index is 0.0168. The van der Waals surface area contributed by atoms with Crippen LogP contribution in [0.1, 0.15) is 39.0 Å². The molecule has 5 nitrogen and oxygen atoms in total. The van der Waals surface area contributed by atoms with Crippen LogP contribution in [-0.4, -0.2) is 22.1 Å². The van der Waals surface area contributed by atoms with Gasteiger partial charge in [0, 0.05) is 31.5 Å². The summed E-state index contributed by atoms with van der Waals surface area (Å²) in [4.78, 5) is 16.3. The van der Waals surface area contributed by atoms with Crippen molar-refractivity contribution in [1.29, 1.82) is 0 Å². The number of nitrogens with one attached hydrogen (secondary N) is 1. The van der Waals surface area contributed by atoms with Crippen molar-refractivity contribution >= 4 is 5.82 Å². The number of aromatic nitrogens is 2. The van der Waals surface area contributed by atoms with Gasteiger partial charge in [-0.3, -0.25) is 4.79 Å². The molecule has 1 heterocycles. The van der Waals surface area contributed by atoms with E-state index in [9.17, 15) is 4.79 Å². The van der Waals surface area contributed by atoms with Crippen LogP contribution in [0.2, 0.25) is 0 Å². The number of nitrogens with zero attached hydrogens (tertiary/aromatic N) is 2. The predicted molar refractivity (Wildman–Crippen MR) is 77.2 cm³/mol. The van der Waals surface area contributed by atoms with Gasteiger partial charge in [-0.05, 0) is 38.0 Å². The summed E-state index contributed by atoms with van der Waals surface area (Å²) in [6.07, 6.45) is 8.86. The lowest BCUT2D eigenvalue weighted by molar-refractivity contribution is 0.338. The number of aryl methyl sites for hydroxylation is 1. The molecule has 0 bridgehead atoms. The summed E-state index contributed by atoms with van der Waals surface area (Å²) in [6, 6.07) is 0.368. The number of nitrogens with two attached hydrogens (primary N) is 1. The molecule has 1 saturated carbocycles. The molecule has 0 saturated heterocycles. The molecule has 1 aromatic heterocycles. The van der Waals surface area contributed by atoms with Crippen LogP contribution in [0, 0.1) is 5.92 Å². The first-order valence-electron chi connectivity index (χ1n) is 7.25. The van der Waals surface area contributed by atoms with Crippen molar-refractivity contribution in [2.45, 2.75) is 51.6 Å². The summed E-state index contributed by atoms with van der Waals surface area (Å²) >= 11 is 0. The van der Waals surface area contributed by atoms with Crippen molar-refractivity contribution in [2.75, 3.05) is 11.9 Å². The second-order valence-corrected chi connectivity index (χ2v) is 5.44. The van der Waals surface area contributed by atoms with Crippen LogP contribution in [0.4, 0.5) is 5.82 Å². The van der Waals surface area contributed by atoms with Gasteiger partial charge in [-0.15, -0.1) is 0 Å². The van der Waals surface area contributed by atoms with Crippen LogP contribution in [0.15, 0.2) is 17.2 Å². The van der Waals surface area contributed by atoms with E-state index in [-0.39, 0.29) is 5.56 Å². The zero-order valence-electron chi connectivity index (χ0n) is 11.6. The maximum absolute atomic E-state index is 12.1. The highest BCUT2D eigenvalue weighted by atomic mass is 16.1. The fraction of sp³-hybridized carbons (Fsp3) is 0.714. The van der Waals surface area contributed by atoms with E-state index in [2.05, 4.69) is 17.2 Å². The molecule has 1 fully saturated rings. The topological polar surface area (TPSA) is 72.9 Å². The summed E-state index contributed by atoms with van der Waals surface area (Å²) < 4.78 is 1.71. The van der Waals surface area contributed by atoms with Crippen LogP contribution in [0.25, 0.3) is 0 Å². The molecule has 5 heteroatoms. The minimum Gasteiger partial charge on any atom is -0.365 e. The van der Waals surface area contributed by atoms with Gasteiger partial charge in [-0.2, -0.15) is 0 Å². The largest absolute Gasteiger partial charge is 0.365 e. The highest BCUT2D eigenvalue weighted by Gasteiger charge is 2.18. The van der Waals surface area contributed by atoms with Gasteiger partial charge in [0.05, 0.1) is 0 Å². The second-order valence-electron chi connectivity index (χ2n) is 5.44. The van der Waals surface area contributed by atoms with Crippen molar-refractivity contribution in [1.82, 2.24) is 9.55 Å². The molecule has 0 unspecified atom stereocenters. The van der Waals surface area contributed by atoms with Gasteiger partial charge in [-0.25, -0.2) is 4.98 Å². The quantitative estimate of drug-likeness (QED) is 0.847. The summed E-state index contributed by atoms with van der Waals surface area (Å²) in [5.41, 5.74) is 5.88. The number of hydrogen-bond acceptors (Lipinski definition) is 4. The predicted octanol–water partition coefficient (Wildman–Crippen LogP) is 1.58. The Morgan fingerprint density at radius 1 is 1.42 bits per heavy atom. The van der Waals surface area contributed by atoms with Gasteiger partial charge < -0.3 is 15.6 Å². The van der Waals surface area contributed by atoms with Crippen molar-refractivity contribution in [3.05, 3.63) is 22.7 Å². The zero-order valence-corrected chi connectivity index (χ0v) is 11.6. The lowest BCUT2D eigenvalue weighted by Crippen LogP contribution is -2.31. The van der Waals surface area contributed by atoms with E-state index < -0.39 is 0 Å². The van der Waals surface area contributed by atoms with Gasteiger partial charge >= 0.3 is 0 Å². The Bertz CT molecular complexity index is 449. The Kier molecular flexibility index (Phi) is 4.96. The van der Waals surface area contributed by atoms with Crippen LogP contribution < -0.4 is 16.6 Å². The van der Waals surface area contributed by atoms with E-state index in [1.54, 1.807) is 17.0 Å². The molecule has 0 atom stereocenters. The van der Waals surface area contributed by atoms with E-state index in [0.717, 1.165) is 45.2 Å². The molecule has 1 aliphatic rings. The fourth-order valence-corrected chi connectivity index (χ4v) is 2.62. The molecule has 0 amide bonds. The standard InChI is InChI=1S/C14H24N4O/c1-2-8-18-9-7-16-13(14(18)19)17-10-11-3-5-12(15)6-4-11/h7,9,11-12H,2-6,8,10,15H2,1H3,(H,16,17). The third-order valence-corrected chi connectivity index (χ3v) is 3.83. The van der Waals surface area contributed by atoms with Gasteiger partial charge in [0.1, 0.15) is 0 Å². The van der Waals surface area contributed by atoms with Gasteiger partial charge in [0.15, 0.2) is 5.82 Å². The number of anilines is 1. The fourth-order valence-electron chi connectivity index (χ4n) is 2.62. The Hall–Kier alpha value is -1.36. The monoisotopic (exact) mass is 264 g/mol. The van der Waals surface area contributed by atoms with Crippen LogP contribution in [0.5, 0.6) is 0 Å². The molecule has 1 aromatic rings. The highest BCUT2D eigenvalue weighted by molar-refractivity contribution is 5.30. The van der Waals surface area contributed by atoms with Crippen molar-refractivity contribution in [3.8, 4) is 0 Å². The Morgan fingerprint density at radius 3 is 2.84 bits per heavy atom. The summed E-state index contributed by atoms with van der Waals surface area (Å²) in [5, 5.41) is 3.21. The highest BCUT2D eigenvalue weighted by Crippen LogP contribution is 2.22. The maximum Gasteiger partial charge on any atom is 0.293 e. The molecule has 0 aromatic carbocycles. The van der Waals surface area contributed by atoms with Crippen molar-refractivity contribution < 1.29 is 0 Å². The molecular formula is C14H24N4O. The van der Waals surface area contributed by atoms with E-state index in [1.165, 1.54) is 0 Å². The third kappa shape index (κ3) is 3.80. The van der Waals surface area contributed by atoms with E-state index >= 15 is 0 Å². The lowest BCUT2D eigenvalue weighted by Gasteiger charge is -2.26. The zero-order chi connectivity index (χ0) is 13.7. The second kappa shape index (κ2) is 6.70. The Balaban J connectivity index is 1.92. The van der Waals surface area contributed by atoms with Crippen LogP contribution in [0.3, 0.4) is 0 Å². The molecule has 106 valence electrons. The van der Waals surface area contributed by atoms with Crippen molar-refractivity contribution in [3.63, 3.8) is 0 Å². The Labute approximate surface area is 114 Å². The van der Waals surface area contributed by atoms with Gasteiger partial charge in [-0.1, -0.05) is 6.92 Å². The van der Waals surface area contributed by atoms with Gasteiger partial charge in [0.2, 0.25) is 0 Å². The first kappa shape index (κ1) is 14.1. The van der Waals surface area contributed by atoms with E-state index in [0.29, 0.717) is 17.8 Å². The summed E-state index contributed by atoms with van der Waals surface area (Å²) in [6.45, 7) is 3.63. The average Bonchev–Trinajstić information content (AvgIpc) is 2.42. The van der Waals surface area contributed by atoms with Gasteiger partial charge in [0.25, 0.3) is 5.56 Å². The maximum atomic E-state index is 12.1. The van der Waals surface area contributed by atoms with Crippen LogP contribution in [-0.2, 0) is 6.54 Å². The molecular weight excluding hydrogens is 240 g/mol. The molecule has 0 aliphatic heterocycles. The van der Waals surface area contributed by atoms with E-state index in [1.807, 2.05) is 0 Å². The number of rotatable bonds is 5. The molecule has 0 radical (unpaired) electrons. The third-order valence-electron chi connectivity index (χ3n) is 3.83. The summed E-state index contributed by atoms with van der Waals surface area (Å²) in [5.74, 6) is 1.09. The SMILES string of the molecule is CCCn1ccnc(NCC2CCC(N)CC2)c1=O. The minimum atomic E-state index is -0.0168. The molecule has 2 rings (SSSR count). The van der Waals surface area contributed by atoms with Crippen molar-refractivity contribution in [2.24, 2.45) is 11.7 Å². The molecule has 19 heavy (non-hydrogen) atoms. The molecule has 3 N–H and O–H groups in total. The Morgan fingerprint density at radius 2 is 2.16 bits per heavy atom. The lowest BCUT2D eigenvalue weighted by atomic mass is 9.86.